The normalized spacial score (nSPS) is 12.2. The van der Waals surface area contributed by atoms with Crippen LogP contribution in [0.1, 0.15) is 48.9 Å². The first-order chi connectivity index (χ1) is 15.9. The number of hydrogen-bond acceptors (Lipinski definition) is 4. The zero-order valence-electron chi connectivity index (χ0n) is 21.1. The summed E-state index contributed by atoms with van der Waals surface area (Å²) in [7, 11) is -3.73. The first kappa shape index (κ1) is 27.4. The molecule has 0 aliphatic carbocycles. The van der Waals surface area contributed by atoms with Gasteiger partial charge in [-0.2, -0.15) is 0 Å². The summed E-state index contributed by atoms with van der Waals surface area (Å²) in [6.45, 7) is 9.86. The summed E-state index contributed by atoms with van der Waals surface area (Å²) in [6.07, 6.45) is 2.88. The maximum atomic E-state index is 13.5. The first-order valence-electron chi connectivity index (χ1n) is 11.6. The average molecular weight is 488 g/mol. The number of aryl methyl sites for hydroxylation is 3. The number of nitrogens with zero attached hydrogens (tertiary/aromatic N) is 2. The lowest BCUT2D eigenvalue weighted by Crippen LogP contribution is -2.51. The van der Waals surface area contributed by atoms with Gasteiger partial charge in [-0.25, -0.2) is 8.42 Å². The van der Waals surface area contributed by atoms with Crippen molar-refractivity contribution in [3.05, 3.63) is 64.7 Å². The highest BCUT2D eigenvalue weighted by atomic mass is 32.2. The van der Waals surface area contributed by atoms with E-state index in [9.17, 15) is 18.0 Å². The highest BCUT2D eigenvalue weighted by Crippen LogP contribution is 2.22. The molecular weight excluding hydrogens is 450 g/mol. The Balaban J connectivity index is 2.37. The minimum absolute atomic E-state index is 0.202. The highest BCUT2D eigenvalue weighted by Gasteiger charge is 2.30. The van der Waals surface area contributed by atoms with E-state index in [0.29, 0.717) is 12.2 Å². The van der Waals surface area contributed by atoms with Crippen LogP contribution >= 0.6 is 0 Å². The quantitative estimate of drug-likeness (QED) is 0.490. The Hall–Kier alpha value is -2.87. The molecule has 0 spiro atoms. The second-order valence-corrected chi connectivity index (χ2v) is 10.8. The van der Waals surface area contributed by atoms with E-state index in [1.54, 1.807) is 19.1 Å². The Morgan fingerprint density at radius 2 is 1.74 bits per heavy atom. The predicted octanol–water partition coefficient (Wildman–Crippen LogP) is 3.71. The van der Waals surface area contributed by atoms with Gasteiger partial charge in [0.2, 0.25) is 21.8 Å². The molecule has 0 fully saturated rings. The molecule has 2 rings (SSSR count). The zero-order valence-corrected chi connectivity index (χ0v) is 21.9. The molecule has 2 aromatic carbocycles. The molecule has 1 N–H and O–H groups in total. The number of amides is 2. The zero-order chi connectivity index (χ0) is 25.5. The van der Waals surface area contributed by atoms with Gasteiger partial charge in [-0.3, -0.25) is 13.9 Å². The van der Waals surface area contributed by atoms with Crippen molar-refractivity contribution in [2.75, 3.05) is 23.7 Å². The molecule has 1 atom stereocenters. The minimum atomic E-state index is -3.73. The number of carbonyl (C=O) groups excluding carboxylic acids is 2. The second kappa shape index (κ2) is 12.0. The molecule has 2 amide bonds. The Bertz CT molecular complexity index is 1110. The summed E-state index contributed by atoms with van der Waals surface area (Å²) in [6, 6.07) is 12.2. The molecule has 8 heteroatoms. The molecule has 186 valence electrons. The van der Waals surface area contributed by atoms with Crippen LogP contribution in [-0.4, -0.2) is 50.5 Å². The topological polar surface area (TPSA) is 86.8 Å². The van der Waals surface area contributed by atoms with E-state index in [-0.39, 0.29) is 19.0 Å². The van der Waals surface area contributed by atoms with E-state index in [1.807, 2.05) is 58.0 Å². The summed E-state index contributed by atoms with van der Waals surface area (Å²) in [5, 5.41) is 2.88. The lowest BCUT2D eigenvalue weighted by molar-refractivity contribution is -0.139. The largest absolute Gasteiger partial charge is 0.354 e. The number of sulfonamides is 1. The van der Waals surface area contributed by atoms with Crippen LogP contribution in [0.5, 0.6) is 0 Å². The molecule has 0 saturated heterocycles. The molecule has 0 heterocycles. The Morgan fingerprint density at radius 1 is 1.03 bits per heavy atom. The Labute approximate surface area is 204 Å². The molecule has 0 saturated carbocycles. The summed E-state index contributed by atoms with van der Waals surface area (Å²) in [5.41, 5.74) is 4.30. The number of rotatable bonds is 11. The van der Waals surface area contributed by atoms with Gasteiger partial charge < -0.3 is 10.2 Å². The number of anilines is 1. The molecule has 34 heavy (non-hydrogen) atoms. The van der Waals surface area contributed by atoms with E-state index >= 15 is 0 Å². The molecule has 0 unspecified atom stereocenters. The molecule has 2 aromatic rings. The molecule has 0 aliphatic heterocycles. The summed E-state index contributed by atoms with van der Waals surface area (Å²) >= 11 is 0. The molecule has 7 nitrogen and oxygen atoms in total. The van der Waals surface area contributed by atoms with Gasteiger partial charge in [-0.05, 0) is 62.9 Å². The maximum Gasteiger partial charge on any atom is 0.244 e. The lowest BCUT2D eigenvalue weighted by atomic mass is 10.1. The third kappa shape index (κ3) is 7.58. The van der Waals surface area contributed by atoms with Gasteiger partial charge >= 0.3 is 0 Å². The van der Waals surface area contributed by atoms with Gasteiger partial charge in [-0.1, -0.05) is 49.2 Å². The van der Waals surface area contributed by atoms with E-state index in [1.165, 1.54) is 4.90 Å². The second-order valence-electron chi connectivity index (χ2n) is 8.87. The van der Waals surface area contributed by atoms with E-state index in [4.69, 9.17) is 0 Å². The fraction of sp³-hybridized carbons (Fsp3) is 0.462. The van der Waals surface area contributed by atoms with Crippen LogP contribution in [0.4, 0.5) is 5.69 Å². The van der Waals surface area contributed by atoms with Crippen molar-refractivity contribution in [1.82, 2.24) is 10.2 Å². The third-order valence-corrected chi connectivity index (χ3v) is 7.03. The van der Waals surface area contributed by atoms with Gasteiger partial charge in [-0.15, -0.1) is 0 Å². The van der Waals surface area contributed by atoms with Gasteiger partial charge in [0.15, 0.2) is 0 Å². The van der Waals surface area contributed by atoms with Gasteiger partial charge in [0.25, 0.3) is 0 Å². The summed E-state index contributed by atoms with van der Waals surface area (Å²) in [5.74, 6) is -0.699. The van der Waals surface area contributed by atoms with E-state index < -0.39 is 22.0 Å². The van der Waals surface area contributed by atoms with Crippen molar-refractivity contribution in [2.45, 2.75) is 60.0 Å². The molecule has 0 aromatic heterocycles. The van der Waals surface area contributed by atoms with Crippen LogP contribution < -0.4 is 9.62 Å². The van der Waals surface area contributed by atoms with Crippen LogP contribution in [0, 0.1) is 20.8 Å². The maximum absolute atomic E-state index is 13.5. The molecule has 0 radical (unpaired) electrons. The van der Waals surface area contributed by atoms with E-state index in [2.05, 4.69) is 5.32 Å². The molecule has 0 bridgehead atoms. The standard InChI is InChI=1S/C26H37N3O4S/c1-7-8-14-27-26(31)22(5)28(17-23-11-9-10-19(2)15-23)25(30)18-29(34(6,32)33)24-13-12-20(3)21(4)16-24/h9-13,15-16,22H,7-8,14,17-18H2,1-6H3,(H,27,31)/t22-/m1/s1. The summed E-state index contributed by atoms with van der Waals surface area (Å²) < 4.78 is 26.4. The number of unbranched alkanes of at least 4 members (excludes halogenated alkanes) is 1. The van der Waals surface area contributed by atoms with Crippen molar-refractivity contribution in [2.24, 2.45) is 0 Å². The van der Waals surface area contributed by atoms with Crippen molar-refractivity contribution in [3.8, 4) is 0 Å². The van der Waals surface area contributed by atoms with E-state index in [0.717, 1.165) is 45.7 Å². The highest BCUT2D eigenvalue weighted by molar-refractivity contribution is 7.92. The number of hydrogen-bond donors (Lipinski definition) is 1. The first-order valence-corrected chi connectivity index (χ1v) is 13.5. The van der Waals surface area contributed by atoms with Crippen LogP contribution in [0.2, 0.25) is 0 Å². The Morgan fingerprint density at radius 3 is 2.32 bits per heavy atom. The van der Waals surface area contributed by atoms with Gasteiger partial charge in [0.1, 0.15) is 12.6 Å². The monoisotopic (exact) mass is 487 g/mol. The van der Waals surface area contributed by atoms with Crippen molar-refractivity contribution >= 4 is 27.5 Å². The fourth-order valence-corrected chi connectivity index (χ4v) is 4.46. The number of carbonyl (C=O) groups is 2. The van der Waals surface area contributed by atoms with Gasteiger partial charge in [0.05, 0.1) is 11.9 Å². The number of benzene rings is 2. The predicted molar refractivity (Wildman–Crippen MR) is 137 cm³/mol. The molecule has 0 aliphatic rings. The van der Waals surface area contributed by atoms with Crippen molar-refractivity contribution in [3.63, 3.8) is 0 Å². The van der Waals surface area contributed by atoms with Crippen LogP contribution in [0.15, 0.2) is 42.5 Å². The summed E-state index contributed by atoms with van der Waals surface area (Å²) in [4.78, 5) is 27.8. The lowest BCUT2D eigenvalue weighted by Gasteiger charge is -2.31. The SMILES string of the molecule is CCCCNC(=O)[C@@H](C)N(Cc1cccc(C)c1)C(=O)CN(c1ccc(C)c(C)c1)S(C)(=O)=O. The van der Waals surface area contributed by atoms with Crippen molar-refractivity contribution < 1.29 is 18.0 Å². The van der Waals surface area contributed by atoms with Crippen LogP contribution in [0.25, 0.3) is 0 Å². The van der Waals surface area contributed by atoms with Crippen LogP contribution in [0.3, 0.4) is 0 Å². The third-order valence-electron chi connectivity index (χ3n) is 5.89. The fourth-order valence-electron chi connectivity index (χ4n) is 3.62. The number of nitrogens with one attached hydrogen (secondary N) is 1. The van der Waals surface area contributed by atoms with Crippen LogP contribution in [-0.2, 0) is 26.2 Å². The Kier molecular flexibility index (Phi) is 9.67. The van der Waals surface area contributed by atoms with Gasteiger partial charge in [0, 0.05) is 13.1 Å². The average Bonchev–Trinajstić information content (AvgIpc) is 2.76. The van der Waals surface area contributed by atoms with Crippen molar-refractivity contribution in [1.29, 1.82) is 0 Å². The smallest absolute Gasteiger partial charge is 0.244 e. The molecular formula is C26H37N3O4S. The minimum Gasteiger partial charge on any atom is -0.354 e.